The van der Waals surface area contributed by atoms with Crippen LogP contribution < -0.4 is 5.32 Å². The van der Waals surface area contributed by atoms with Gasteiger partial charge in [-0.1, -0.05) is 40.2 Å². The van der Waals surface area contributed by atoms with Crippen molar-refractivity contribution in [2.75, 3.05) is 5.32 Å². The number of non-ortho nitro benzene ring substituents is 1. The van der Waals surface area contributed by atoms with Gasteiger partial charge in [-0.15, -0.1) is 0 Å². The second kappa shape index (κ2) is 6.37. The van der Waals surface area contributed by atoms with E-state index in [9.17, 15) is 19.3 Å². The molecule has 3 aromatic carbocycles. The van der Waals surface area contributed by atoms with Crippen LogP contribution in [0.25, 0.3) is 10.8 Å². The highest BCUT2D eigenvalue weighted by molar-refractivity contribution is 9.10. The number of rotatable bonds is 3. The van der Waals surface area contributed by atoms with Gasteiger partial charge in [0, 0.05) is 22.2 Å². The van der Waals surface area contributed by atoms with E-state index in [2.05, 4.69) is 21.2 Å². The number of halogens is 2. The number of carbonyl (C=O) groups is 1. The summed E-state index contributed by atoms with van der Waals surface area (Å²) in [5.41, 5.74) is -0.187. The molecule has 24 heavy (non-hydrogen) atoms. The maximum absolute atomic E-state index is 13.8. The maximum Gasteiger partial charge on any atom is 0.271 e. The zero-order valence-electron chi connectivity index (χ0n) is 12.1. The predicted octanol–water partition coefficient (Wildman–Crippen LogP) is 4.90. The average Bonchev–Trinajstić information content (AvgIpc) is 2.56. The standard InChI is InChI=1S/C17H10BrFN2O3/c18-14-6-2-3-11-12(14)4-1-5-13(11)17(22)20-16-9-10(21(23)24)7-8-15(16)19/h1-9H,(H,20,22). The molecule has 0 aliphatic carbocycles. The highest BCUT2D eigenvalue weighted by Gasteiger charge is 2.16. The normalized spacial score (nSPS) is 10.6. The third-order valence-electron chi connectivity index (χ3n) is 3.52. The number of nitrogens with one attached hydrogen (secondary N) is 1. The number of nitro groups is 1. The molecule has 7 heteroatoms. The summed E-state index contributed by atoms with van der Waals surface area (Å²) in [4.78, 5) is 22.7. The predicted molar refractivity (Wildman–Crippen MR) is 92.7 cm³/mol. The second-order valence-electron chi connectivity index (χ2n) is 5.02. The van der Waals surface area contributed by atoms with E-state index >= 15 is 0 Å². The summed E-state index contributed by atoms with van der Waals surface area (Å²) in [5, 5.41) is 14.7. The number of carbonyl (C=O) groups excluding carboxylic acids is 1. The molecule has 1 amide bonds. The van der Waals surface area contributed by atoms with Crippen LogP contribution in [-0.4, -0.2) is 10.8 Å². The maximum atomic E-state index is 13.8. The SMILES string of the molecule is O=C(Nc1cc([N+](=O)[O-])ccc1F)c1cccc2c(Br)cccc12. The van der Waals surface area contributed by atoms with E-state index in [4.69, 9.17) is 0 Å². The van der Waals surface area contributed by atoms with Crippen LogP contribution in [0.15, 0.2) is 59.1 Å². The van der Waals surface area contributed by atoms with E-state index in [0.29, 0.717) is 10.9 Å². The molecular weight excluding hydrogens is 379 g/mol. The summed E-state index contributed by atoms with van der Waals surface area (Å²) in [5.74, 6) is -1.28. The third kappa shape index (κ3) is 2.98. The summed E-state index contributed by atoms with van der Waals surface area (Å²) in [7, 11) is 0. The van der Waals surface area contributed by atoms with Gasteiger partial charge >= 0.3 is 0 Å². The lowest BCUT2D eigenvalue weighted by molar-refractivity contribution is -0.384. The third-order valence-corrected chi connectivity index (χ3v) is 4.21. The Morgan fingerprint density at radius 3 is 2.54 bits per heavy atom. The van der Waals surface area contributed by atoms with Gasteiger partial charge in [0.2, 0.25) is 0 Å². The Kier molecular flexibility index (Phi) is 4.26. The van der Waals surface area contributed by atoms with E-state index in [-0.39, 0.29) is 11.4 Å². The Morgan fingerprint density at radius 1 is 1.08 bits per heavy atom. The largest absolute Gasteiger partial charge is 0.319 e. The molecule has 0 saturated carbocycles. The van der Waals surface area contributed by atoms with Gasteiger partial charge in [-0.05, 0) is 29.0 Å². The summed E-state index contributed by atoms with van der Waals surface area (Å²) in [6.07, 6.45) is 0. The fourth-order valence-electron chi connectivity index (χ4n) is 2.38. The van der Waals surface area contributed by atoms with Crippen LogP contribution in [0.4, 0.5) is 15.8 Å². The van der Waals surface area contributed by atoms with Crippen molar-refractivity contribution in [3.8, 4) is 0 Å². The first kappa shape index (κ1) is 16.1. The van der Waals surface area contributed by atoms with Crippen molar-refractivity contribution in [1.29, 1.82) is 0 Å². The van der Waals surface area contributed by atoms with Crippen molar-refractivity contribution >= 4 is 44.0 Å². The van der Waals surface area contributed by atoms with Gasteiger partial charge in [0.25, 0.3) is 11.6 Å². The molecule has 0 bridgehead atoms. The van der Waals surface area contributed by atoms with Crippen LogP contribution in [0.1, 0.15) is 10.4 Å². The fourth-order valence-corrected chi connectivity index (χ4v) is 2.88. The first-order valence-electron chi connectivity index (χ1n) is 6.90. The fraction of sp³-hybridized carbons (Fsp3) is 0. The summed E-state index contributed by atoms with van der Waals surface area (Å²) in [6, 6.07) is 13.6. The quantitative estimate of drug-likeness (QED) is 0.512. The highest BCUT2D eigenvalue weighted by atomic mass is 79.9. The molecule has 1 N–H and O–H groups in total. The minimum absolute atomic E-state index is 0.235. The molecule has 0 radical (unpaired) electrons. The summed E-state index contributed by atoms with van der Waals surface area (Å²) in [6.45, 7) is 0. The average molecular weight is 389 g/mol. The Labute approximate surface area is 144 Å². The van der Waals surface area contributed by atoms with Crippen LogP contribution in [-0.2, 0) is 0 Å². The number of fused-ring (bicyclic) bond motifs is 1. The monoisotopic (exact) mass is 388 g/mol. The molecule has 0 spiro atoms. The van der Waals surface area contributed by atoms with Crippen LogP contribution in [0.2, 0.25) is 0 Å². The number of nitro benzene ring substituents is 1. The number of anilines is 1. The van der Waals surface area contributed by atoms with Crippen LogP contribution in [0, 0.1) is 15.9 Å². The van der Waals surface area contributed by atoms with Crippen molar-refractivity contribution in [2.45, 2.75) is 0 Å². The Morgan fingerprint density at radius 2 is 1.79 bits per heavy atom. The van der Waals surface area contributed by atoms with Gasteiger partial charge in [0.15, 0.2) is 0 Å². The molecule has 0 unspecified atom stereocenters. The van der Waals surface area contributed by atoms with Gasteiger partial charge in [-0.25, -0.2) is 4.39 Å². The number of amides is 1. The van der Waals surface area contributed by atoms with Crippen molar-refractivity contribution in [3.05, 3.63) is 80.6 Å². The zero-order valence-corrected chi connectivity index (χ0v) is 13.7. The minimum atomic E-state index is -0.740. The highest BCUT2D eigenvalue weighted by Crippen LogP contribution is 2.28. The molecule has 3 aromatic rings. The first-order chi connectivity index (χ1) is 11.5. The minimum Gasteiger partial charge on any atom is -0.319 e. The molecule has 0 aliphatic rings. The Balaban J connectivity index is 2.01. The molecule has 0 atom stereocenters. The summed E-state index contributed by atoms with van der Waals surface area (Å²) >= 11 is 3.42. The molecule has 0 aliphatic heterocycles. The summed E-state index contributed by atoms with van der Waals surface area (Å²) < 4.78 is 14.7. The molecule has 3 rings (SSSR count). The molecule has 120 valence electrons. The number of nitrogens with zero attached hydrogens (tertiary/aromatic N) is 1. The Bertz CT molecular complexity index is 975. The van der Waals surface area contributed by atoms with Crippen LogP contribution in [0.5, 0.6) is 0 Å². The van der Waals surface area contributed by atoms with E-state index in [0.717, 1.165) is 28.1 Å². The van der Waals surface area contributed by atoms with Gasteiger partial charge in [-0.3, -0.25) is 14.9 Å². The van der Waals surface area contributed by atoms with Gasteiger partial charge < -0.3 is 5.32 Å². The molecular formula is C17H10BrFN2O3. The lowest BCUT2D eigenvalue weighted by Gasteiger charge is -2.09. The topological polar surface area (TPSA) is 72.2 Å². The molecule has 0 saturated heterocycles. The van der Waals surface area contributed by atoms with Gasteiger partial charge in [0.05, 0.1) is 10.6 Å². The molecule has 0 heterocycles. The van der Waals surface area contributed by atoms with Crippen LogP contribution >= 0.6 is 15.9 Å². The van der Waals surface area contributed by atoms with Crippen molar-refractivity contribution in [2.24, 2.45) is 0 Å². The van der Waals surface area contributed by atoms with E-state index in [1.54, 1.807) is 24.3 Å². The lowest BCUT2D eigenvalue weighted by Crippen LogP contribution is -2.13. The van der Waals surface area contributed by atoms with Crippen molar-refractivity contribution < 1.29 is 14.1 Å². The number of hydrogen-bond donors (Lipinski definition) is 1. The smallest absolute Gasteiger partial charge is 0.271 e. The first-order valence-corrected chi connectivity index (χ1v) is 7.69. The number of benzene rings is 3. The van der Waals surface area contributed by atoms with E-state index in [1.807, 2.05) is 12.1 Å². The zero-order chi connectivity index (χ0) is 17.3. The molecule has 5 nitrogen and oxygen atoms in total. The van der Waals surface area contributed by atoms with Gasteiger partial charge in [-0.2, -0.15) is 0 Å². The van der Waals surface area contributed by atoms with E-state index in [1.165, 1.54) is 0 Å². The number of hydrogen-bond acceptors (Lipinski definition) is 3. The Hall–Kier alpha value is -2.80. The molecule has 0 fully saturated rings. The lowest BCUT2D eigenvalue weighted by atomic mass is 10.0. The van der Waals surface area contributed by atoms with Crippen LogP contribution in [0.3, 0.4) is 0 Å². The van der Waals surface area contributed by atoms with Crippen molar-refractivity contribution in [1.82, 2.24) is 0 Å². The van der Waals surface area contributed by atoms with Crippen molar-refractivity contribution in [3.63, 3.8) is 0 Å². The van der Waals surface area contributed by atoms with E-state index < -0.39 is 16.6 Å². The van der Waals surface area contributed by atoms with Gasteiger partial charge in [0.1, 0.15) is 5.82 Å². The second-order valence-corrected chi connectivity index (χ2v) is 5.87. The molecule has 0 aromatic heterocycles.